The van der Waals surface area contributed by atoms with Crippen molar-refractivity contribution < 1.29 is 0 Å². The van der Waals surface area contributed by atoms with Crippen LogP contribution in [0.2, 0.25) is 0 Å². The number of benzene rings is 1. The van der Waals surface area contributed by atoms with Crippen molar-refractivity contribution in [2.75, 3.05) is 30.5 Å². The van der Waals surface area contributed by atoms with E-state index in [-0.39, 0.29) is 0 Å². The van der Waals surface area contributed by atoms with Gasteiger partial charge in [0.05, 0.1) is 11.3 Å². The van der Waals surface area contributed by atoms with Crippen molar-refractivity contribution in [1.29, 1.82) is 5.26 Å². The third-order valence-electron chi connectivity index (χ3n) is 2.38. The van der Waals surface area contributed by atoms with Gasteiger partial charge in [-0.1, -0.05) is 22.0 Å². The first-order valence-corrected chi connectivity index (χ1v) is 7.53. The molecule has 0 bridgehead atoms. The molecule has 0 aliphatic carbocycles. The maximum absolute atomic E-state index is 9.12. The number of nitriles is 1. The van der Waals surface area contributed by atoms with Crippen LogP contribution in [0, 0.1) is 11.3 Å². The number of nitrogens with zero attached hydrogens (tertiary/aromatic N) is 2. The normalized spacial score (nSPS) is 9.88. The topological polar surface area (TPSA) is 27.0 Å². The van der Waals surface area contributed by atoms with Crippen LogP contribution >= 0.6 is 27.7 Å². The van der Waals surface area contributed by atoms with Crippen LogP contribution in [0.25, 0.3) is 0 Å². The molecule has 0 heterocycles. The van der Waals surface area contributed by atoms with Gasteiger partial charge >= 0.3 is 0 Å². The highest BCUT2D eigenvalue weighted by Crippen LogP contribution is 2.21. The Balaban J connectivity index is 2.91. The average molecular weight is 299 g/mol. The number of halogens is 1. The van der Waals surface area contributed by atoms with Crippen LogP contribution in [0.3, 0.4) is 0 Å². The lowest BCUT2D eigenvalue weighted by Crippen LogP contribution is -2.21. The lowest BCUT2D eigenvalue weighted by Gasteiger charge is -2.20. The molecule has 0 saturated heterocycles. The van der Waals surface area contributed by atoms with Gasteiger partial charge in [0.1, 0.15) is 6.07 Å². The molecule has 0 spiro atoms. The first kappa shape index (κ1) is 13.4. The van der Waals surface area contributed by atoms with E-state index in [1.165, 1.54) is 0 Å². The van der Waals surface area contributed by atoms with Crippen LogP contribution in [0.1, 0.15) is 11.1 Å². The molecule has 0 aliphatic rings. The fraction of sp³-hybridized carbons (Fsp3) is 0.417. The molecule has 0 N–H and O–H groups in total. The van der Waals surface area contributed by atoms with Crippen LogP contribution < -0.4 is 4.90 Å². The van der Waals surface area contributed by atoms with Crippen molar-refractivity contribution in [2.45, 2.75) is 5.33 Å². The SMILES string of the molecule is CSCCN(C)c1ccc(CBr)cc1C#N. The van der Waals surface area contributed by atoms with Crippen LogP contribution in [-0.4, -0.2) is 25.6 Å². The number of rotatable bonds is 5. The van der Waals surface area contributed by atoms with Gasteiger partial charge in [0.2, 0.25) is 0 Å². The van der Waals surface area contributed by atoms with Gasteiger partial charge in [0.25, 0.3) is 0 Å². The van der Waals surface area contributed by atoms with Crippen LogP contribution in [0.4, 0.5) is 5.69 Å². The fourth-order valence-electron chi connectivity index (χ4n) is 1.44. The predicted molar refractivity (Wildman–Crippen MR) is 75.4 cm³/mol. The monoisotopic (exact) mass is 298 g/mol. The molecule has 4 heteroatoms. The summed E-state index contributed by atoms with van der Waals surface area (Å²) in [6.07, 6.45) is 2.09. The van der Waals surface area contributed by atoms with E-state index >= 15 is 0 Å². The number of alkyl halides is 1. The maximum Gasteiger partial charge on any atom is 0.101 e. The van der Waals surface area contributed by atoms with E-state index in [0.717, 1.165) is 34.4 Å². The number of hydrogen-bond donors (Lipinski definition) is 0. The van der Waals surface area contributed by atoms with Crippen LogP contribution in [0.5, 0.6) is 0 Å². The summed E-state index contributed by atoms with van der Waals surface area (Å²) in [5, 5.41) is 9.90. The summed E-state index contributed by atoms with van der Waals surface area (Å²) in [7, 11) is 2.03. The van der Waals surface area contributed by atoms with E-state index in [2.05, 4.69) is 39.2 Å². The molecule has 0 unspecified atom stereocenters. The summed E-state index contributed by atoms with van der Waals surface area (Å²) in [6.45, 7) is 0.962. The second-order valence-electron chi connectivity index (χ2n) is 3.51. The Morgan fingerprint density at radius 1 is 1.50 bits per heavy atom. The summed E-state index contributed by atoms with van der Waals surface area (Å²) in [5.74, 6) is 1.07. The minimum atomic E-state index is 0.751. The Kier molecular flexibility index (Phi) is 5.72. The predicted octanol–water partition coefficient (Wildman–Crippen LogP) is 3.25. The molecule has 1 rings (SSSR count). The molecule has 1 aromatic carbocycles. The lowest BCUT2D eigenvalue weighted by molar-refractivity contribution is 0.974. The second-order valence-corrected chi connectivity index (χ2v) is 5.06. The Hall–Kier alpha value is -0.660. The third kappa shape index (κ3) is 3.43. The van der Waals surface area contributed by atoms with Gasteiger partial charge in [-0.15, -0.1) is 0 Å². The van der Waals surface area contributed by atoms with Gasteiger partial charge in [-0.05, 0) is 24.0 Å². The van der Waals surface area contributed by atoms with E-state index in [0.29, 0.717) is 0 Å². The Labute approximate surface area is 110 Å². The van der Waals surface area contributed by atoms with Crippen LogP contribution in [0.15, 0.2) is 18.2 Å². The molecular formula is C12H15BrN2S. The number of hydrogen-bond acceptors (Lipinski definition) is 3. The number of anilines is 1. The first-order valence-electron chi connectivity index (χ1n) is 5.02. The van der Waals surface area contributed by atoms with Gasteiger partial charge in [-0.3, -0.25) is 0 Å². The van der Waals surface area contributed by atoms with E-state index < -0.39 is 0 Å². The summed E-state index contributed by atoms with van der Waals surface area (Å²) < 4.78 is 0. The zero-order valence-corrected chi connectivity index (χ0v) is 11.9. The van der Waals surface area contributed by atoms with Crippen LogP contribution in [-0.2, 0) is 5.33 Å². The molecule has 0 aliphatic heterocycles. The molecule has 1 aromatic rings. The molecule has 0 atom stereocenters. The molecule has 0 fully saturated rings. The third-order valence-corrected chi connectivity index (χ3v) is 3.62. The average Bonchev–Trinajstić information content (AvgIpc) is 2.34. The van der Waals surface area contributed by atoms with Crippen molar-refractivity contribution in [3.05, 3.63) is 29.3 Å². The van der Waals surface area contributed by atoms with Gasteiger partial charge in [0, 0.05) is 24.7 Å². The summed E-state index contributed by atoms with van der Waals surface area (Å²) in [6, 6.07) is 8.28. The highest BCUT2D eigenvalue weighted by Gasteiger charge is 2.07. The Morgan fingerprint density at radius 2 is 2.25 bits per heavy atom. The molecular weight excluding hydrogens is 284 g/mol. The van der Waals surface area contributed by atoms with Gasteiger partial charge in [0.15, 0.2) is 0 Å². The quantitative estimate of drug-likeness (QED) is 0.781. The molecule has 0 amide bonds. The van der Waals surface area contributed by atoms with Crippen molar-refractivity contribution in [2.24, 2.45) is 0 Å². The van der Waals surface area contributed by atoms with Crippen molar-refractivity contribution >= 4 is 33.4 Å². The second kappa shape index (κ2) is 6.82. The smallest absolute Gasteiger partial charge is 0.101 e. The van der Waals surface area contributed by atoms with E-state index in [1.807, 2.05) is 30.9 Å². The minimum absolute atomic E-state index is 0.751. The Bertz CT molecular complexity index is 387. The maximum atomic E-state index is 9.12. The first-order chi connectivity index (χ1) is 7.72. The van der Waals surface area contributed by atoms with E-state index in [1.54, 1.807) is 0 Å². The summed E-state index contributed by atoms with van der Waals surface area (Å²) in [5.41, 5.74) is 2.90. The summed E-state index contributed by atoms with van der Waals surface area (Å²) >= 11 is 5.21. The minimum Gasteiger partial charge on any atom is -0.373 e. The van der Waals surface area contributed by atoms with Crippen molar-refractivity contribution in [3.63, 3.8) is 0 Å². The Morgan fingerprint density at radius 3 is 2.81 bits per heavy atom. The largest absolute Gasteiger partial charge is 0.373 e. The fourth-order valence-corrected chi connectivity index (χ4v) is 2.24. The molecule has 0 radical (unpaired) electrons. The van der Waals surface area contributed by atoms with Crippen molar-refractivity contribution in [1.82, 2.24) is 0 Å². The van der Waals surface area contributed by atoms with E-state index in [4.69, 9.17) is 5.26 Å². The molecule has 16 heavy (non-hydrogen) atoms. The van der Waals surface area contributed by atoms with Crippen molar-refractivity contribution in [3.8, 4) is 6.07 Å². The zero-order valence-electron chi connectivity index (χ0n) is 9.53. The highest BCUT2D eigenvalue weighted by atomic mass is 79.9. The van der Waals surface area contributed by atoms with Gasteiger partial charge in [-0.25, -0.2) is 0 Å². The summed E-state index contributed by atoms with van der Waals surface area (Å²) in [4.78, 5) is 2.13. The van der Waals surface area contributed by atoms with Gasteiger partial charge < -0.3 is 4.90 Å². The molecule has 86 valence electrons. The molecule has 2 nitrogen and oxygen atoms in total. The zero-order chi connectivity index (χ0) is 12.0. The van der Waals surface area contributed by atoms with Gasteiger partial charge in [-0.2, -0.15) is 17.0 Å². The van der Waals surface area contributed by atoms with E-state index in [9.17, 15) is 0 Å². The standard InChI is InChI=1S/C12H15BrN2S/c1-15(5-6-16-2)12-4-3-10(8-13)7-11(12)9-14/h3-4,7H,5-6,8H2,1-2H3. The number of thioether (sulfide) groups is 1. The molecule has 0 saturated carbocycles. The highest BCUT2D eigenvalue weighted by molar-refractivity contribution is 9.08. The lowest BCUT2D eigenvalue weighted by atomic mass is 10.1. The molecule has 0 aromatic heterocycles.